The van der Waals surface area contributed by atoms with Crippen LogP contribution in [0.4, 0.5) is 0 Å². The summed E-state index contributed by atoms with van der Waals surface area (Å²) in [7, 11) is 10.2. The molecule has 6 fully saturated rings. The van der Waals surface area contributed by atoms with Crippen LogP contribution in [-0.2, 0) is 0 Å². The van der Waals surface area contributed by atoms with Crippen molar-refractivity contribution < 1.29 is 159 Å². The van der Waals surface area contributed by atoms with E-state index in [1.54, 1.807) is 0 Å². The van der Waals surface area contributed by atoms with Gasteiger partial charge in [-0.1, -0.05) is 295 Å². The molecule has 8 unspecified atom stereocenters. The summed E-state index contributed by atoms with van der Waals surface area (Å²) >= 11 is 0. The predicted molar refractivity (Wildman–Crippen MR) is 478 cm³/mol. The summed E-state index contributed by atoms with van der Waals surface area (Å²) < 4.78 is 143. The molecular weight excluding hydrogens is 1620 g/mol. The molecule has 12 rings (SSSR count). The van der Waals surface area contributed by atoms with Crippen molar-refractivity contribution in [2.24, 2.45) is 0 Å². The van der Waals surface area contributed by atoms with Crippen molar-refractivity contribution in [3.63, 3.8) is 0 Å². The summed E-state index contributed by atoms with van der Waals surface area (Å²) in [5.74, 6) is -2.19. The number of aryl methyl sites for hydroxylation is 6. The lowest BCUT2D eigenvalue weighted by atomic mass is 9.72. The molecule has 12 atom stereocenters. The van der Waals surface area contributed by atoms with Crippen molar-refractivity contribution in [1.82, 2.24) is 0 Å². The number of halogens is 6. The fourth-order valence-electron chi connectivity index (χ4n) is 18.7. The maximum atomic E-state index is 11.2. The Hall–Kier alpha value is -3.42. The van der Waals surface area contributed by atoms with E-state index in [0.717, 1.165) is 200 Å². The quantitative estimate of drug-likeness (QED) is 0.0291. The van der Waals surface area contributed by atoms with Gasteiger partial charge in [-0.2, -0.15) is 0 Å². The van der Waals surface area contributed by atoms with E-state index in [1.807, 2.05) is 115 Å². The molecule has 6 aromatic carbocycles. The van der Waals surface area contributed by atoms with Gasteiger partial charge >= 0.3 is 0 Å². The topological polar surface area (TPSA) is 148 Å². The largest absolute Gasteiger partial charge is 1.00 e. The predicted octanol–water partition coefficient (Wildman–Crippen LogP) is -6.47. The Balaban J connectivity index is 0.000000821. The molecular formula is C102H168Cl6N6O6. The van der Waals surface area contributed by atoms with Crippen LogP contribution in [0.1, 0.15) is 320 Å². The molecule has 0 saturated heterocycles. The van der Waals surface area contributed by atoms with Crippen molar-refractivity contribution >= 4 is 0 Å². The van der Waals surface area contributed by atoms with Crippen LogP contribution in [0.3, 0.4) is 0 Å². The van der Waals surface area contributed by atoms with Crippen molar-refractivity contribution in [3.8, 4) is 0 Å². The van der Waals surface area contributed by atoms with Crippen LogP contribution in [0.2, 0.25) is 0 Å². The van der Waals surface area contributed by atoms with Gasteiger partial charge in [0.05, 0.1) is 217 Å². The van der Waals surface area contributed by atoms with Gasteiger partial charge in [-0.15, -0.1) is 0 Å². The van der Waals surface area contributed by atoms with Crippen molar-refractivity contribution in [1.29, 1.82) is 0 Å². The van der Waals surface area contributed by atoms with E-state index < -0.39 is 113 Å². The third-order valence-electron chi connectivity index (χ3n) is 25.2. The van der Waals surface area contributed by atoms with Crippen LogP contribution in [0.25, 0.3) is 0 Å². The van der Waals surface area contributed by atoms with E-state index in [2.05, 4.69) is 93.6 Å². The maximum absolute atomic E-state index is 11.2. The molecule has 0 heterocycles. The van der Waals surface area contributed by atoms with Crippen LogP contribution in [0, 0.1) is 41.5 Å². The number of nitrogens with one attached hydrogen (secondary N) is 6. The number of hydrogen-bond donors (Lipinski definition) is 12. The average Bonchev–Trinajstić information content (AvgIpc) is 0.759. The van der Waals surface area contributed by atoms with Crippen LogP contribution < -0.4 is 104 Å². The Morgan fingerprint density at radius 2 is 0.350 bits per heavy atom. The normalized spacial score (nSPS) is 23.5. The lowest BCUT2D eigenvalue weighted by Crippen LogP contribution is -3.06. The number of hydrogen-bond acceptors (Lipinski definition) is 6. The van der Waals surface area contributed by atoms with Gasteiger partial charge in [0, 0.05) is 0 Å². The molecule has 0 aromatic heterocycles. The van der Waals surface area contributed by atoms with Crippen molar-refractivity contribution in [2.45, 2.75) is 303 Å². The third kappa shape index (κ3) is 36.7. The highest BCUT2D eigenvalue weighted by atomic mass is 35.5. The van der Waals surface area contributed by atoms with E-state index in [0.29, 0.717) is 58.2 Å². The first-order valence-electron chi connectivity index (χ1n) is 53.5. The smallest absolute Gasteiger partial charge is 0.0931 e. The summed E-state index contributed by atoms with van der Waals surface area (Å²) in [5, 5.41) is 67.2. The number of quaternary nitrogens is 6. The zero-order chi connectivity index (χ0) is 98.1. The Morgan fingerprint density at radius 1 is 0.225 bits per heavy atom. The molecule has 12 N–H and O–H groups in total. The van der Waals surface area contributed by atoms with Gasteiger partial charge < -0.3 is 134 Å². The number of rotatable bonds is 24. The summed E-state index contributed by atoms with van der Waals surface area (Å²) in [6.07, 6.45) is 27.0. The SMILES string of the molecule is [2H]C([2H])[NH+](C)C([2H])([2H])C(c1ccc(C)cc1)C1(O)CCCCC1.[2H]C([2H])[NH+](C)C([2H])([2H])[C@@H](c1ccc(C)cc1)C1(O)CCCCC1.[2H]C([2H])[NH+](C)C([2H])([2H])[C@H](c1ccc(C)cc1)C1(O)CCCCC1.[2H]C([2H])[NH+](C)CC(c1ccc(C)cc1)C1(O)CCCCC1.[2H]C([2H])[NH+](C)C[C@@H](c1ccc(C)cc1)C1(O)CCCCC1.[2H]C([2H])[NH+](C)C[C@H](c1ccc(C)cc1)C1(O)CCCCC1.[Cl-].[Cl-].[Cl-].[Cl-].[Cl-].[Cl-]. The van der Waals surface area contributed by atoms with Gasteiger partial charge in [-0.3, -0.25) is 0 Å². The molecule has 0 spiro atoms. The third-order valence-corrected chi connectivity index (χ3v) is 25.2. The van der Waals surface area contributed by atoms with Crippen molar-refractivity contribution in [3.05, 3.63) is 212 Å². The van der Waals surface area contributed by atoms with Crippen LogP contribution in [-0.4, -0.2) is 188 Å². The highest BCUT2D eigenvalue weighted by molar-refractivity contribution is 5.33. The molecule has 12 nitrogen and oxygen atoms in total. The minimum Gasteiger partial charge on any atom is -1.00 e. The monoisotopic (exact) mass is 1800 g/mol. The second kappa shape index (κ2) is 56.0. The molecule has 120 heavy (non-hydrogen) atoms. The van der Waals surface area contributed by atoms with Gasteiger partial charge in [-0.05, 0) is 152 Å². The summed E-state index contributed by atoms with van der Waals surface area (Å²) in [5.41, 5.74) is 7.22. The van der Waals surface area contributed by atoms with E-state index in [4.69, 9.17) is 24.7 Å². The van der Waals surface area contributed by atoms with Gasteiger partial charge in [0.1, 0.15) is 0 Å². The molecule has 0 bridgehead atoms. The van der Waals surface area contributed by atoms with Crippen LogP contribution in [0.15, 0.2) is 146 Å². The van der Waals surface area contributed by atoms with Crippen LogP contribution in [0.5, 0.6) is 0 Å². The summed E-state index contributed by atoms with van der Waals surface area (Å²) in [4.78, 5) is 2.96. The minimum absolute atomic E-state index is 0. The fraction of sp³-hybridized carbons (Fsp3) is 0.647. The fourth-order valence-corrected chi connectivity index (χ4v) is 18.7. The number of likely N-dealkylation sites (N-methyl/N-ethyl adjacent to an activating group) is 6. The molecule has 0 amide bonds. The molecule has 0 aliphatic heterocycles. The standard InChI is InChI=1S/6C17H27NO.6ClH/c6*1-14-7-9-15(10-8-14)16(13-18(2)3)17(19)11-5-4-6-12-17;;;;;;/h6*7-10,16,19H,4-6,11-13H2,1-3H3;6*1H/t4*16-;;;;;;;;/m1100......../s1/i2D2,13D2;2D2;2D2,13D2;2D2;2D2,13D2;2D2;;;;;;. The van der Waals surface area contributed by atoms with Gasteiger partial charge in [0.25, 0.3) is 0 Å². The zero-order valence-electron chi connectivity index (χ0n) is 92.6. The molecule has 6 saturated carbocycles. The van der Waals surface area contributed by atoms with Crippen molar-refractivity contribution in [2.75, 3.05) is 123 Å². The molecule has 684 valence electrons. The first-order valence-corrected chi connectivity index (χ1v) is 43.6. The van der Waals surface area contributed by atoms with E-state index in [-0.39, 0.29) is 107 Å². The number of aliphatic hydroxyl groups is 6. The Labute approximate surface area is 793 Å². The Morgan fingerprint density at radius 3 is 0.483 bits per heavy atom. The highest BCUT2D eigenvalue weighted by Gasteiger charge is 2.46. The summed E-state index contributed by atoms with van der Waals surface area (Å²) in [6.45, 7) is 1.59. The maximum Gasteiger partial charge on any atom is 0.0931 e. The van der Waals surface area contributed by atoms with Gasteiger partial charge in [0.15, 0.2) is 0 Å². The highest BCUT2D eigenvalue weighted by Crippen LogP contribution is 2.45. The zero-order valence-corrected chi connectivity index (χ0v) is 79.1. The van der Waals surface area contributed by atoms with Crippen LogP contribution >= 0.6 is 0 Å². The summed E-state index contributed by atoms with van der Waals surface area (Å²) in [6, 6.07) is 47.9. The lowest BCUT2D eigenvalue weighted by molar-refractivity contribution is -0.860. The molecule has 0 radical (unpaired) electrons. The first-order chi connectivity index (χ1) is 61.8. The molecule has 6 aliphatic rings. The minimum atomic E-state index is -1.89. The average molecular weight is 1810 g/mol. The second-order valence-electron chi connectivity index (χ2n) is 36.0. The van der Waals surface area contributed by atoms with Gasteiger partial charge in [-0.25, -0.2) is 0 Å². The van der Waals surface area contributed by atoms with Gasteiger partial charge in [0.2, 0.25) is 0 Å². The molecule has 18 heteroatoms. The van der Waals surface area contributed by atoms with E-state index >= 15 is 0 Å². The van der Waals surface area contributed by atoms with E-state index in [9.17, 15) is 30.6 Å². The number of benzene rings is 6. The molecule has 6 aromatic rings. The second-order valence-corrected chi connectivity index (χ2v) is 36.0. The Kier molecular flexibility index (Phi) is 40.1. The Bertz CT molecular complexity index is 3870. The lowest BCUT2D eigenvalue weighted by Gasteiger charge is -2.39. The van der Waals surface area contributed by atoms with E-state index in [1.165, 1.54) is 57.1 Å². The molecule has 6 aliphatic carbocycles. The first kappa shape index (κ1) is 86.0.